The summed E-state index contributed by atoms with van der Waals surface area (Å²) in [6.45, 7) is 2.78. The minimum absolute atomic E-state index is 0.309. The van der Waals surface area contributed by atoms with Crippen LogP contribution >= 0.6 is 0 Å². The number of amides is 1. The molecular weight excluding hydrogens is 264 g/mol. The lowest BCUT2D eigenvalue weighted by Crippen LogP contribution is -2.44. The zero-order valence-corrected chi connectivity index (χ0v) is 13.6. The Labute approximate surface area is 129 Å². The maximum absolute atomic E-state index is 12.5. The van der Waals surface area contributed by atoms with Crippen LogP contribution in [-0.4, -0.2) is 60.1 Å². The summed E-state index contributed by atoms with van der Waals surface area (Å²) in [6, 6.07) is 0.520. The van der Waals surface area contributed by atoms with Gasteiger partial charge in [-0.05, 0) is 51.5 Å². The zero-order valence-electron chi connectivity index (χ0n) is 13.6. The van der Waals surface area contributed by atoms with Crippen LogP contribution in [0.4, 0.5) is 0 Å². The van der Waals surface area contributed by atoms with Crippen molar-refractivity contribution in [2.45, 2.75) is 63.8 Å². The van der Waals surface area contributed by atoms with Crippen LogP contribution in [0.1, 0.15) is 57.8 Å². The summed E-state index contributed by atoms with van der Waals surface area (Å²) in [6.07, 6.45) is 10.6. The Morgan fingerprint density at radius 1 is 1.05 bits per heavy atom. The van der Waals surface area contributed by atoms with E-state index in [9.17, 15) is 9.90 Å². The molecule has 0 bridgehead atoms. The van der Waals surface area contributed by atoms with Gasteiger partial charge in [-0.3, -0.25) is 9.69 Å². The predicted octanol–water partition coefficient (Wildman–Crippen LogP) is 2.26. The molecule has 4 nitrogen and oxygen atoms in total. The van der Waals surface area contributed by atoms with Crippen molar-refractivity contribution in [2.75, 3.05) is 33.3 Å². The van der Waals surface area contributed by atoms with Crippen molar-refractivity contribution in [3.8, 4) is 0 Å². The molecule has 1 amide bonds. The molecule has 1 aliphatic heterocycles. The topological polar surface area (TPSA) is 43.8 Å². The van der Waals surface area contributed by atoms with Crippen LogP contribution in [0.2, 0.25) is 0 Å². The van der Waals surface area contributed by atoms with Gasteiger partial charge < -0.3 is 10.0 Å². The Morgan fingerprint density at radius 2 is 1.62 bits per heavy atom. The van der Waals surface area contributed by atoms with Gasteiger partial charge in [0, 0.05) is 25.7 Å². The lowest BCUT2D eigenvalue weighted by Gasteiger charge is -2.35. The van der Waals surface area contributed by atoms with Crippen LogP contribution in [0.3, 0.4) is 0 Å². The lowest BCUT2D eigenvalue weighted by atomic mass is 9.86. The number of likely N-dealkylation sites (tertiary alicyclic amines) is 1. The van der Waals surface area contributed by atoms with Gasteiger partial charge in [-0.15, -0.1) is 0 Å². The van der Waals surface area contributed by atoms with E-state index >= 15 is 0 Å². The van der Waals surface area contributed by atoms with Crippen LogP contribution in [0.25, 0.3) is 0 Å². The third-order valence-electron chi connectivity index (χ3n) is 5.29. The molecule has 0 atom stereocenters. The van der Waals surface area contributed by atoms with Gasteiger partial charge in [0.2, 0.25) is 5.91 Å². The number of hydrogen-bond donors (Lipinski definition) is 1. The molecule has 122 valence electrons. The van der Waals surface area contributed by atoms with Crippen LogP contribution < -0.4 is 0 Å². The standard InChI is InChI=1S/C17H32N2O2/c1-18(16-9-7-15(14-20)8-10-16)13-17(21)19-11-5-3-2-4-6-12-19/h15-16,20H,2-14H2,1H3. The number of nitrogens with zero attached hydrogens (tertiary/aromatic N) is 2. The maximum Gasteiger partial charge on any atom is 0.236 e. The summed E-state index contributed by atoms with van der Waals surface area (Å²) in [5, 5.41) is 9.21. The Morgan fingerprint density at radius 3 is 2.19 bits per heavy atom. The molecule has 0 spiro atoms. The van der Waals surface area contributed by atoms with Gasteiger partial charge in [-0.25, -0.2) is 0 Å². The van der Waals surface area contributed by atoms with Gasteiger partial charge in [0.15, 0.2) is 0 Å². The normalized spacial score (nSPS) is 28.2. The van der Waals surface area contributed by atoms with Crippen molar-refractivity contribution in [3.05, 3.63) is 0 Å². The molecule has 0 aromatic heterocycles. The molecule has 1 saturated heterocycles. The number of carbonyl (C=O) groups is 1. The highest BCUT2D eigenvalue weighted by molar-refractivity contribution is 5.78. The van der Waals surface area contributed by atoms with Crippen molar-refractivity contribution in [1.29, 1.82) is 0 Å². The fourth-order valence-corrected chi connectivity index (χ4v) is 3.71. The molecule has 1 N–H and O–H groups in total. The molecule has 0 aromatic rings. The average molecular weight is 296 g/mol. The fourth-order valence-electron chi connectivity index (χ4n) is 3.71. The molecule has 1 aliphatic carbocycles. The maximum atomic E-state index is 12.5. The molecule has 1 saturated carbocycles. The molecule has 2 fully saturated rings. The van der Waals surface area contributed by atoms with Gasteiger partial charge in [0.25, 0.3) is 0 Å². The number of likely N-dealkylation sites (N-methyl/N-ethyl adjacent to an activating group) is 1. The molecule has 0 unspecified atom stereocenters. The van der Waals surface area contributed by atoms with Crippen LogP contribution in [0.15, 0.2) is 0 Å². The monoisotopic (exact) mass is 296 g/mol. The molecule has 21 heavy (non-hydrogen) atoms. The van der Waals surface area contributed by atoms with E-state index < -0.39 is 0 Å². The highest BCUT2D eigenvalue weighted by Gasteiger charge is 2.25. The number of hydrogen-bond acceptors (Lipinski definition) is 3. The Hall–Kier alpha value is -0.610. The minimum Gasteiger partial charge on any atom is -0.396 e. The summed E-state index contributed by atoms with van der Waals surface area (Å²) < 4.78 is 0. The van der Waals surface area contributed by atoms with E-state index in [0.29, 0.717) is 31.0 Å². The van der Waals surface area contributed by atoms with Crippen molar-refractivity contribution in [1.82, 2.24) is 9.80 Å². The van der Waals surface area contributed by atoms with Crippen LogP contribution in [0.5, 0.6) is 0 Å². The van der Waals surface area contributed by atoms with E-state index in [-0.39, 0.29) is 0 Å². The van der Waals surface area contributed by atoms with Gasteiger partial charge >= 0.3 is 0 Å². The second kappa shape index (κ2) is 8.74. The highest BCUT2D eigenvalue weighted by Crippen LogP contribution is 2.26. The van der Waals surface area contributed by atoms with Crippen molar-refractivity contribution in [2.24, 2.45) is 5.92 Å². The second-order valence-electron chi connectivity index (χ2n) is 6.92. The fraction of sp³-hybridized carbons (Fsp3) is 0.941. The van der Waals surface area contributed by atoms with Crippen molar-refractivity contribution in [3.63, 3.8) is 0 Å². The third kappa shape index (κ3) is 5.26. The lowest BCUT2D eigenvalue weighted by molar-refractivity contribution is -0.133. The predicted molar refractivity (Wildman–Crippen MR) is 85.1 cm³/mol. The van der Waals surface area contributed by atoms with Crippen molar-refractivity contribution >= 4 is 5.91 Å². The Balaban J connectivity index is 1.75. The van der Waals surface area contributed by atoms with Gasteiger partial charge in [0.05, 0.1) is 6.54 Å². The summed E-state index contributed by atoms with van der Waals surface area (Å²) >= 11 is 0. The molecular formula is C17H32N2O2. The first-order valence-corrected chi connectivity index (χ1v) is 8.79. The number of aliphatic hydroxyl groups is 1. The Kier molecular flexibility index (Phi) is 6.97. The molecule has 1 heterocycles. The number of rotatable bonds is 4. The summed E-state index contributed by atoms with van der Waals surface area (Å²) in [5.74, 6) is 0.795. The average Bonchev–Trinajstić information content (AvgIpc) is 2.46. The summed E-state index contributed by atoms with van der Waals surface area (Å²) in [7, 11) is 2.09. The van der Waals surface area contributed by atoms with E-state index in [1.807, 2.05) is 0 Å². The van der Waals surface area contributed by atoms with Crippen LogP contribution in [-0.2, 0) is 4.79 Å². The first-order valence-electron chi connectivity index (χ1n) is 8.79. The third-order valence-corrected chi connectivity index (χ3v) is 5.29. The van der Waals surface area contributed by atoms with E-state index in [2.05, 4.69) is 16.8 Å². The number of aliphatic hydroxyl groups excluding tert-OH is 1. The second-order valence-corrected chi connectivity index (χ2v) is 6.92. The molecule has 0 radical (unpaired) electrons. The first kappa shape index (κ1) is 16.8. The van der Waals surface area contributed by atoms with E-state index in [1.54, 1.807) is 0 Å². The van der Waals surface area contributed by atoms with Gasteiger partial charge in [-0.1, -0.05) is 19.3 Å². The molecule has 4 heteroatoms. The smallest absolute Gasteiger partial charge is 0.236 e. The van der Waals surface area contributed by atoms with Gasteiger partial charge in [0.1, 0.15) is 0 Å². The first-order chi connectivity index (χ1) is 10.2. The minimum atomic E-state index is 0.309. The summed E-state index contributed by atoms with van der Waals surface area (Å²) in [5.41, 5.74) is 0. The van der Waals surface area contributed by atoms with E-state index in [4.69, 9.17) is 0 Å². The molecule has 2 rings (SSSR count). The van der Waals surface area contributed by atoms with E-state index in [0.717, 1.165) is 51.6 Å². The van der Waals surface area contributed by atoms with Crippen LogP contribution in [0, 0.1) is 5.92 Å². The number of carbonyl (C=O) groups excluding carboxylic acids is 1. The van der Waals surface area contributed by atoms with Gasteiger partial charge in [-0.2, -0.15) is 0 Å². The largest absolute Gasteiger partial charge is 0.396 e. The summed E-state index contributed by atoms with van der Waals surface area (Å²) in [4.78, 5) is 16.8. The van der Waals surface area contributed by atoms with Crippen molar-refractivity contribution < 1.29 is 9.90 Å². The zero-order chi connectivity index (χ0) is 15.1. The highest BCUT2D eigenvalue weighted by atomic mass is 16.3. The molecule has 0 aromatic carbocycles. The van der Waals surface area contributed by atoms with E-state index in [1.165, 1.54) is 19.3 Å². The quantitative estimate of drug-likeness (QED) is 0.865. The molecule has 2 aliphatic rings. The Bertz CT molecular complexity index is 306. The SMILES string of the molecule is CN(CC(=O)N1CCCCCCC1)C1CCC(CO)CC1.